The predicted molar refractivity (Wildman–Crippen MR) is 150 cm³/mol. The van der Waals surface area contributed by atoms with Crippen molar-refractivity contribution in [2.24, 2.45) is 5.10 Å². The van der Waals surface area contributed by atoms with Crippen molar-refractivity contribution < 1.29 is 28.6 Å². The summed E-state index contributed by atoms with van der Waals surface area (Å²) in [5.41, 5.74) is 6.31. The number of hydrogen-bond acceptors (Lipinski definition) is 8. The molecule has 1 aliphatic carbocycles. The number of nitrogens with one attached hydrogen (secondary N) is 2. The molecule has 4 rings (SSSR count). The SMILES string of the molecule is CCOc1cc(/C=N/NC(=O)C(=O)Nc2sc3c(c2C(=O)OC)CCCC3)ccc1OCc1ccccc1C. The number of methoxy groups -OCH3 is 1. The van der Waals surface area contributed by atoms with E-state index in [1.54, 1.807) is 18.2 Å². The average molecular weight is 550 g/mol. The van der Waals surface area contributed by atoms with Crippen LogP contribution in [-0.4, -0.2) is 37.7 Å². The van der Waals surface area contributed by atoms with Gasteiger partial charge in [-0.1, -0.05) is 24.3 Å². The smallest absolute Gasteiger partial charge is 0.341 e. The number of anilines is 1. The van der Waals surface area contributed by atoms with Gasteiger partial charge in [0.2, 0.25) is 0 Å². The molecule has 0 saturated heterocycles. The topological polar surface area (TPSA) is 115 Å². The van der Waals surface area contributed by atoms with Crippen LogP contribution in [0.1, 0.15) is 57.3 Å². The van der Waals surface area contributed by atoms with E-state index in [2.05, 4.69) is 15.8 Å². The lowest BCUT2D eigenvalue weighted by molar-refractivity contribution is -0.136. The molecule has 2 N–H and O–H groups in total. The monoisotopic (exact) mass is 549 g/mol. The van der Waals surface area contributed by atoms with Crippen molar-refractivity contribution >= 4 is 40.3 Å². The summed E-state index contributed by atoms with van der Waals surface area (Å²) in [6.07, 6.45) is 4.95. The number of esters is 1. The lowest BCUT2D eigenvalue weighted by Gasteiger charge is -2.13. The molecule has 0 radical (unpaired) electrons. The van der Waals surface area contributed by atoms with Crippen LogP contribution in [0.4, 0.5) is 5.00 Å². The first-order valence-corrected chi connectivity index (χ1v) is 13.5. The second kappa shape index (κ2) is 13.1. The highest BCUT2D eigenvalue weighted by atomic mass is 32.1. The maximum atomic E-state index is 12.5. The second-order valence-corrected chi connectivity index (χ2v) is 10.0. The first kappa shape index (κ1) is 27.8. The summed E-state index contributed by atoms with van der Waals surface area (Å²) in [4.78, 5) is 38.4. The zero-order valence-corrected chi connectivity index (χ0v) is 23.0. The highest BCUT2D eigenvalue weighted by Crippen LogP contribution is 2.38. The lowest BCUT2D eigenvalue weighted by atomic mass is 9.95. The van der Waals surface area contributed by atoms with Crippen molar-refractivity contribution in [2.45, 2.75) is 46.1 Å². The number of nitrogens with zero attached hydrogens (tertiary/aromatic N) is 1. The Hall–Kier alpha value is -4.18. The fourth-order valence-corrected chi connectivity index (χ4v) is 5.54. The maximum absolute atomic E-state index is 12.5. The molecular formula is C29H31N3O6S. The number of fused-ring (bicyclic) bond motifs is 1. The summed E-state index contributed by atoms with van der Waals surface area (Å²) in [6, 6.07) is 13.3. The third kappa shape index (κ3) is 6.83. The van der Waals surface area contributed by atoms with E-state index < -0.39 is 17.8 Å². The lowest BCUT2D eigenvalue weighted by Crippen LogP contribution is -2.32. The van der Waals surface area contributed by atoms with E-state index in [1.165, 1.54) is 24.7 Å². The van der Waals surface area contributed by atoms with Crippen molar-refractivity contribution in [3.63, 3.8) is 0 Å². The van der Waals surface area contributed by atoms with Gasteiger partial charge in [-0.2, -0.15) is 5.10 Å². The van der Waals surface area contributed by atoms with E-state index >= 15 is 0 Å². The normalized spacial score (nSPS) is 12.5. The Morgan fingerprint density at radius 3 is 2.59 bits per heavy atom. The van der Waals surface area contributed by atoms with Crippen molar-refractivity contribution in [3.05, 3.63) is 75.2 Å². The molecule has 204 valence electrons. The van der Waals surface area contributed by atoms with Gasteiger partial charge in [0.05, 0.1) is 25.5 Å². The minimum atomic E-state index is -0.961. The van der Waals surface area contributed by atoms with Gasteiger partial charge in [-0.15, -0.1) is 11.3 Å². The second-order valence-electron chi connectivity index (χ2n) is 8.91. The molecule has 1 heterocycles. The first-order chi connectivity index (χ1) is 18.9. The number of amides is 2. The van der Waals surface area contributed by atoms with Gasteiger partial charge in [0.15, 0.2) is 11.5 Å². The summed E-state index contributed by atoms with van der Waals surface area (Å²) in [5.74, 6) is -1.29. The Kier molecular flexibility index (Phi) is 9.32. The molecule has 10 heteroatoms. The number of carbonyl (C=O) groups excluding carboxylic acids is 3. The van der Waals surface area contributed by atoms with E-state index in [1.807, 2.05) is 38.1 Å². The number of thiophene rings is 1. The number of ether oxygens (including phenoxy) is 3. The van der Waals surface area contributed by atoms with Crippen LogP contribution in [0.25, 0.3) is 0 Å². The Morgan fingerprint density at radius 2 is 1.82 bits per heavy atom. The molecule has 9 nitrogen and oxygen atoms in total. The molecule has 2 amide bonds. The maximum Gasteiger partial charge on any atom is 0.341 e. The fourth-order valence-electron chi connectivity index (χ4n) is 4.27. The van der Waals surface area contributed by atoms with Crippen LogP contribution in [0.15, 0.2) is 47.6 Å². The van der Waals surface area contributed by atoms with Gasteiger partial charge in [-0.05, 0) is 80.0 Å². The largest absolute Gasteiger partial charge is 0.490 e. The van der Waals surface area contributed by atoms with Gasteiger partial charge in [-0.3, -0.25) is 9.59 Å². The standard InChI is InChI=1S/C29H31N3O6S/c1-4-37-23-15-19(13-14-22(23)38-17-20-10-6-5-9-18(20)2)16-30-32-27(34)26(33)31-28-25(29(35)36-3)21-11-7-8-12-24(21)39-28/h5-6,9-10,13-16H,4,7-8,11-12,17H2,1-3H3,(H,31,33)(H,32,34)/b30-16+. The van der Waals surface area contributed by atoms with Crippen LogP contribution >= 0.6 is 11.3 Å². The van der Waals surface area contributed by atoms with Gasteiger partial charge in [0.1, 0.15) is 11.6 Å². The van der Waals surface area contributed by atoms with Crippen molar-refractivity contribution in [1.29, 1.82) is 0 Å². The Balaban J connectivity index is 1.39. The van der Waals surface area contributed by atoms with E-state index in [4.69, 9.17) is 14.2 Å². The average Bonchev–Trinajstić information content (AvgIpc) is 3.30. The van der Waals surface area contributed by atoms with Crippen LogP contribution < -0.4 is 20.2 Å². The van der Waals surface area contributed by atoms with E-state index in [0.717, 1.165) is 47.3 Å². The van der Waals surface area contributed by atoms with Gasteiger partial charge in [0.25, 0.3) is 0 Å². The van der Waals surface area contributed by atoms with Crippen molar-refractivity contribution in [2.75, 3.05) is 19.0 Å². The minimum Gasteiger partial charge on any atom is -0.490 e. The number of benzene rings is 2. The molecule has 0 unspecified atom stereocenters. The molecule has 0 spiro atoms. The molecule has 3 aromatic rings. The number of rotatable bonds is 9. The van der Waals surface area contributed by atoms with Gasteiger partial charge < -0.3 is 19.5 Å². The van der Waals surface area contributed by atoms with Crippen LogP contribution in [-0.2, 0) is 33.8 Å². The molecule has 0 atom stereocenters. The Bertz CT molecular complexity index is 1400. The molecule has 0 aliphatic heterocycles. The molecule has 39 heavy (non-hydrogen) atoms. The number of carbonyl (C=O) groups is 3. The van der Waals surface area contributed by atoms with E-state index in [-0.39, 0.29) is 0 Å². The predicted octanol–water partition coefficient (Wildman–Crippen LogP) is 4.79. The molecule has 0 bridgehead atoms. The van der Waals surface area contributed by atoms with Crippen molar-refractivity contribution in [1.82, 2.24) is 5.43 Å². The summed E-state index contributed by atoms with van der Waals surface area (Å²) in [6.45, 7) is 4.75. The third-order valence-corrected chi connectivity index (χ3v) is 7.49. The minimum absolute atomic E-state index is 0.320. The fraction of sp³-hybridized carbons (Fsp3) is 0.310. The zero-order valence-electron chi connectivity index (χ0n) is 22.2. The molecule has 1 aromatic heterocycles. The van der Waals surface area contributed by atoms with E-state index in [0.29, 0.717) is 40.8 Å². The number of hydrogen-bond donors (Lipinski definition) is 2. The molecule has 0 fully saturated rings. The number of aryl methyl sites for hydroxylation is 2. The molecular weight excluding hydrogens is 518 g/mol. The molecule has 1 aliphatic rings. The van der Waals surface area contributed by atoms with Crippen LogP contribution in [0.3, 0.4) is 0 Å². The quantitative estimate of drug-likeness (QED) is 0.172. The van der Waals surface area contributed by atoms with E-state index in [9.17, 15) is 14.4 Å². The van der Waals surface area contributed by atoms with Crippen LogP contribution in [0.2, 0.25) is 0 Å². The third-order valence-electron chi connectivity index (χ3n) is 6.29. The molecule has 2 aromatic carbocycles. The summed E-state index contributed by atoms with van der Waals surface area (Å²) in [7, 11) is 1.29. The van der Waals surface area contributed by atoms with Gasteiger partial charge in [-0.25, -0.2) is 10.2 Å². The highest BCUT2D eigenvalue weighted by molar-refractivity contribution is 7.17. The summed E-state index contributed by atoms with van der Waals surface area (Å²) >= 11 is 1.31. The van der Waals surface area contributed by atoms with Crippen LogP contribution in [0, 0.1) is 6.92 Å². The summed E-state index contributed by atoms with van der Waals surface area (Å²) in [5, 5.41) is 6.78. The first-order valence-electron chi connectivity index (χ1n) is 12.7. The zero-order chi connectivity index (χ0) is 27.8. The highest BCUT2D eigenvalue weighted by Gasteiger charge is 2.28. The molecule has 0 saturated carbocycles. The van der Waals surface area contributed by atoms with Gasteiger partial charge >= 0.3 is 17.8 Å². The van der Waals surface area contributed by atoms with Gasteiger partial charge in [0, 0.05) is 4.88 Å². The Morgan fingerprint density at radius 1 is 1.03 bits per heavy atom. The van der Waals surface area contributed by atoms with Crippen LogP contribution in [0.5, 0.6) is 11.5 Å². The number of hydrazone groups is 1. The van der Waals surface area contributed by atoms with Crippen molar-refractivity contribution in [3.8, 4) is 11.5 Å². The summed E-state index contributed by atoms with van der Waals surface area (Å²) < 4.78 is 16.6. The Labute approximate surface area is 231 Å².